The third-order valence-electron chi connectivity index (χ3n) is 4.13. The highest BCUT2D eigenvalue weighted by molar-refractivity contribution is 5.92. The fraction of sp³-hybridized carbons (Fsp3) is 0.600. The number of hydrogen-bond acceptors (Lipinski definition) is 3. The van der Waals surface area contributed by atoms with Crippen molar-refractivity contribution in [1.82, 2.24) is 4.98 Å². The van der Waals surface area contributed by atoms with Gasteiger partial charge in [-0.2, -0.15) is 0 Å². The highest BCUT2D eigenvalue weighted by atomic mass is 16.5. The number of ether oxygens (including phenoxy) is 1. The Morgan fingerprint density at radius 2 is 2.17 bits per heavy atom. The second-order valence-electron chi connectivity index (χ2n) is 5.26. The van der Waals surface area contributed by atoms with Crippen molar-refractivity contribution in [3.8, 4) is 5.75 Å². The SMILES string of the molecule is CCc1nc(C)ccc1OC1CC(=O)C1(C)CC. The molecule has 1 aromatic rings. The minimum Gasteiger partial charge on any atom is -0.487 e. The lowest BCUT2D eigenvalue weighted by molar-refractivity contribution is -0.150. The van der Waals surface area contributed by atoms with Crippen LogP contribution in [0.3, 0.4) is 0 Å². The minimum atomic E-state index is -0.310. The summed E-state index contributed by atoms with van der Waals surface area (Å²) in [5, 5.41) is 0. The normalized spacial score (nSPS) is 26.9. The van der Waals surface area contributed by atoms with E-state index in [0.717, 1.165) is 30.0 Å². The molecule has 1 fully saturated rings. The summed E-state index contributed by atoms with van der Waals surface area (Å²) in [6.07, 6.45) is 2.21. The second kappa shape index (κ2) is 4.71. The van der Waals surface area contributed by atoms with E-state index in [1.807, 2.05) is 32.9 Å². The summed E-state index contributed by atoms with van der Waals surface area (Å²) in [5.74, 6) is 1.15. The smallest absolute Gasteiger partial charge is 0.146 e. The molecule has 2 atom stereocenters. The molecule has 1 aromatic heterocycles. The number of hydrogen-bond donors (Lipinski definition) is 0. The summed E-state index contributed by atoms with van der Waals surface area (Å²) in [5.41, 5.74) is 1.67. The molecule has 0 radical (unpaired) electrons. The highest BCUT2D eigenvalue weighted by Crippen LogP contribution is 2.42. The summed E-state index contributed by atoms with van der Waals surface area (Å²) in [6, 6.07) is 3.93. The van der Waals surface area contributed by atoms with Crippen LogP contribution >= 0.6 is 0 Å². The molecule has 2 unspecified atom stereocenters. The average molecular weight is 247 g/mol. The molecule has 3 nitrogen and oxygen atoms in total. The van der Waals surface area contributed by atoms with E-state index in [-0.39, 0.29) is 11.5 Å². The summed E-state index contributed by atoms with van der Waals surface area (Å²) < 4.78 is 6.02. The predicted octanol–water partition coefficient (Wildman–Crippen LogP) is 3.09. The molecule has 1 aliphatic carbocycles. The van der Waals surface area contributed by atoms with Crippen molar-refractivity contribution >= 4 is 5.78 Å². The van der Waals surface area contributed by atoms with Crippen molar-refractivity contribution in [2.75, 3.05) is 0 Å². The van der Waals surface area contributed by atoms with Crippen LogP contribution in [0.1, 0.15) is 45.0 Å². The zero-order valence-electron chi connectivity index (χ0n) is 11.6. The largest absolute Gasteiger partial charge is 0.487 e. The van der Waals surface area contributed by atoms with E-state index < -0.39 is 0 Å². The number of aromatic nitrogens is 1. The quantitative estimate of drug-likeness (QED) is 0.820. The topological polar surface area (TPSA) is 39.2 Å². The number of pyridine rings is 1. The molecule has 98 valence electrons. The van der Waals surface area contributed by atoms with Gasteiger partial charge in [-0.3, -0.25) is 9.78 Å². The van der Waals surface area contributed by atoms with Gasteiger partial charge in [0, 0.05) is 12.1 Å². The average Bonchev–Trinajstić information content (AvgIpc) is 2.38. The Kier molecular flexibility index (Phi) is 3.42. The number of carbonyl (C=O) groups is 1. The molecule has 2 rings (SSSR count). The lowest BCUT2D eigenvalue weighted by atomic mass is 9.64. The van der Waals surface area contributed by atoms with E-state index in [4.69, 9.17) is 4.74 Å². The molecule has 3 heteroatoms. The van der Waals surface area contributed by atoms with Crippen molar-refractivity contribution in [3.05, 3.63) is 23.5 Å². The molecule has 0 bridgehead atoms. The zero-order valence-corrected chi connectivity index (χ0v) is 11.6. The van der Waals surface area contributed by atoms with Gasteiger partial charge in [0.15, 0.2) is 0 Å². The molecule has 1 aliphatic rings. The monoisotopic (exact) mass is 247 g/mol. The van der Waals surface area contributed by atoms with E-state index >= 15 is 0 Å². The van der Waals surface area contributed by atoms with Crippen LogP contribution in [-0.4, -0.2) is 16.9 Å². The molecule has 0 aliphatic heterocycles. The molecule has 0 amide bonds. The molecule has 0 spiro atoms. The molecule has 0 aromatic carbocycles. The van der Waals surface area contributed by atoms with Crippen LogP contribution in [-0.2, 0) is 11.2 Å². The van der Waals surface area contributed by atoms with Gasteiger partial charge in [-0.05, 0) is 38.8 Å². The predicted molar refractivity (Wildman–Crippen MR) is 70.8 cm³/mol. The number of nitrogens with zero attached hydrogens (tertiary/aromatic N) is 1. The molecular formula is C15H21NO2. The maximum Gasteiger partial charge on any atom is 0.146 e. The Labute approximate surface area is 109 Å². The summed E-state index contributed by atoms with van der Waals surface area (Å²) in [4.78, 5) is 16.2. The van der Waals surface area contributed by atoms with E-state index in [0.29, 0.717) is 12.2 Å². The highest BCUT2D eigenvalue weighted by Gasteiger charge is 2.51. The standard InChI is InChI=1S/C15H21NO2/c1-5-11-12(8-7-10(3)16-11)18-14-9-13(17)15(14,4)6-2/h7-8,14H,5-6,9H2,1-4H3. The van der Waals surface area contributed by atoms with Crippen LogP contribution in [0.5, 0.6) is 5.75 Å². The van der Waals surface area contributed by atoms with Gasteiger partial charge in [-0.25, -0.2) is 0 Å². The summed E-state index contributed by atoms with van der Waals surface area (Å²) in [6.45, 7) is 8.09. The van der Waals surface area contributed by atoms with E-state index in [2.05, 4.69) is 11.9 Å². The summed E-state index contributed by atoms with van der Waals surface area (Å²) in [7, 11) is 0. The van der Waals surface area contributed by atoms with Crippen molar-refractivity contribution in [1.29, 1.82) is 0 Å². The fourth-order valence-electron chi connectivity index (χ4n) is 2.38. The zero-order chi connectivity index (χ0) is 13.3. The van der Waals surface area contributed by atoms with Crippen molar-refractivity contribution in [2.24, 2.45) is 5.41 Å². The fourth-order valence-corrected chi connectivity index (χ4v) is 2.38. The Morgan fingerprint density at radius 1 is 1.44 bits per heavy atom. The van der Waals surface area contributed by atoms with Gasteiger partial charge >= 0.3 is 0 Å². The first-order valence-electron chi connectivity index (χ1n) is 6.67. The van der Waals surface area contributed by atoms with Gasteiger partial charge in [-0.15, -0.1) is 0 Å². The van der Waals surface area contributed by atoms with Crippen LogP contribution in [0, 0.1) is 12.3 Å². The molecular weight excluding hydrogens is 226 g/mol. The van der Waals surface area contributed by atoms with E-state index in [1.165, 1.54) is 0 Å². The molecule has 1 heterocycles. The van der Waals surface area contributed by atoms with Crippen molar-refractivity contribution < 1.29 is 9.53 Å². The molecule has 18 heavy (non-hydrogen) atoms. The maximum atomic E-state index is 11.7. The van der Waals surface area contributed by atoms with E-state index in [1.54, 1.807) is 0 Å². The number of rotatable bonds is 4. The van der Waals surface area contributed by atoms with E-state index in [9.17, 15) is 4.79 Å². The van der Waals surface area contributed by atoms with Crippen LogP contribution in [0.15, 0.2) is 12.1 Å². The summed E-state index contributed by atoms with van der Waals surface area (Å²) >= 11 is 0. The van der Waals surface area contributed by atoms with Crippen LogP contribution in [0.4, 0.5) is 0 Å². The van der Waals surface area contributed by atoms with Gasteiger partial charge < -0.3 is 4.74 Å². The van der Waals surface area contributed by atoms with Gasteiger partial charge in [0.1, 0.15) is 17.6 Å². The van der Waals surface area contributed by atoms with Crippen molar-refractivity contribution in [2.45, 2.75) is 53.1 Å². The molecule has 1 saturated carbocycles. The number of ketones is 1. The number of carbonyl (C=O) groups excluding carboxylic acids is 1. The van der Waals surface area contributed by atoms with Gasteiger partial charge in [-0.1, -0.05) is 13.8 Å². The lowest BCUT2D eigenvalue weighted by Gasteiger charge is -2.44. The Balaban J connectivity index is 2.18. The van der Waals surface area contributed by atoms with Gasteiger partial charge in [0.2, 0.25) is 0 Å². The first kappa shape index (κ1) is 13.1. The van der Waals surface area contributed by atoms with Crippen LogP contribution in [0.25, 0.3) is 0 Å². The van der Waals surface area contributed by atoms with Crippen LogP contribution in [0.2, 0.25) is 0 Å². The Morgan fingerprint density at radius 3 is 2.72 bits per heavy atom. The minimum absolute atomic E-state index is 0.00445. The second-order valence-corrected chi connectivity index (χ2v) is 5.26. The first-order valence-corrected chi connectivity index (χ1v) is 6.67. The maximum absolute atomic E-state index is 11.7. The van der Waals surface area contributed by atoms with Crippen LogP contribution < -0.4 is 4.74 Å². The van der Waals surface area contributed by atoms with Gasteiger partial charge in [0.25, 0.3) is 0 Å². The van der Waals surface area contributed by atoms with Gasteiger partial charge in [0.05, 0.1) is 11.1 Å². The number of aryl methyl sites for hydroxylation is 2. The Bertz CT molecular complexity index is 470. The Hall–Kier alpha value is -1.38. The molecule has 0 N–H and O–H groups in total. The van der Waals surface area contributed by atoms with Crippen molar-refractivity contribution in [3.63, 3.8) is 0 Å². The third kappa shape index (κ3) is 2.02. The third-order valence-corrected chi connectivity index (χ3v) is 4.13. The lowest BCUT2D eigenvalue weighted by Crippen LogP contribution is -2.54. The first-order chi connectivity index (χ1) is 8.51. The number of Topliss-reactive ketones (excluding diaryl/α,β-unsaturated/α-hetero) is 1. The molecule has 0 saturated heterocycles.